The highest BCUT2D eigenvalue weighted by atomic mass is 32.2. The third-order valence-electron chi connectivity index (χ3n) is 4.39. The molecule has 0 spiro atoms. The van der Waals surface area contributed by atoms with Crippen LogP contribution in [0.3, 0.4) is 0 Å². The molecule has 142 valence electrons. The highest BCUT2D eigenvalue weighted by Crippen LogP contribution is 2.24. The van der Waals surface area contributed by atoms with Crippen LogP contribution in [-0.2, 0) is 14.6 Å². The maximum Gasteiger partial charge on any atom is 0.410 e. The van der Waals surface area contributed by atoms with Gasteiger partial charge in [0, 0.05) is 30.9 Å². The Balaban J connectivity index is 2.42. The van der Waals surface area contributed by atoms with E-state index in [9.17, 15) is 13.2 Å². The third kappa shape index (κ3) is 7.38. The second kappa shape index (κ2) is 8.52. The van der Waals surface area contributed by atoms with Gasteiger partial charge in [-0.15, -0.1) is 0 Å². The van der Waals surface area contributed by atoms with Crippen molar-refractivity contribution in [3.63, 3.8) is 0 Å². The number of hydrogen-bond acceptors (Lipinski definition) is 5. The summed E-state index contributed by atoms with van der Waals surface area (Å²) < 4.78 is 28.8. The molecule has 7 heteroatoms. The van der Waals surface area contributed by atoms with Crippen molar-refractivity contribution in [3.05, 3.63) is 0 Å². The summed E-state index contributed by atoms with van der Waals surface area (Å²) in [6.45, 7) is 9.20. The third-order valence-corrected chi connectivity index (χ3v) is 6.28. The molecule has 0 saturated heterocycles. The van der Waals surface area contributed by atoms with Crippen molar-refractivity contribution in [1.82, 2.24) is 10.2 Å². The summed E-state index contributed by atoms with van der Waals surface area (Å²) in [6.07, 6.45) is 3.41. The second-order valence-electron chi connectivity index (χ2n) is 7.86. The van der Waals surface area contributed by atoms with Gasteiger partial charge < -0.3 is 15.0 Å². The summed E-state index contributed by atoms with van der Waals surface area (Å²) in [5, 5.41) is 3.42. The van der Waals surface area contributed by atoms with E-state index in [4.69, 9.17) is 4.74 Å². The fourth-order valence-electron chi connectivity index (χ4n) is 3.06. The van der Waals surface area contributed by atoms with Gasteiger partial charge in [0.05, 0.1) is 5.75 Å². The number of amides is 1. The van der Waals surface area contributed by atoms with E-state index in [0.717, 1.165) is 25.7 Å². The van der Waals surface area contributed by atoms with Gasteiger partial charge in [-0.3, -0.25) is 0 Å². The first-order valence-corrected chi connectivity index (χ1v) is 10.7. The summed E-state index contributed by atoms with van der Waals surface area (Å²) in [7, 11) is -1.16. The fourth-order valence-corrected chi connectivity index (χ4v) is 4.16. The van der Waals surface area contributed by atoms with Crippen LogP contribution in [0.15, 0.2) is 0 Å². The summed E-state index contributed by atoms with van der Waals surface area (Å²) in [4.78, 5) is 13.8. The van der Waals surface area contributed by atoms with Gasteiger partial charge in [-0.25, -0.2) is 13.2 Å². The van der Waals surface area contributed by atoms with Crippen molar-refractivity contribution in [2.75, 3.05) is 18.6 Å². The van der Waals surface area contributed by atoms with Crippen LogP contribution in [0.2, 0.25) is 0 Å². The standard InChI is InChI=1S/C17H34N2O4S/c1-7-24(21,22)12-13(2)18-14-8-10-15(11-9-14)19(6)16(20)23-17(3,4)5/h13-15,18H,7-12H2,1-6H3. The highest BCUT2D eigenvalue weighted by molar-refractivity contribution is 7.91. The van der Waals surface area contributed by atoms with Crippen LogP contribution in [0.25, 0.3) is 0 Å². The van der Waals surface area contributed by atoms with Crippen molar-refractivity contribution in [1.29, 1.82) is 0 Å². The maximum absolute atomic E-state index is 12.1. The predicted molar refractivity (Wildman–Crippen MR) is 97.0 cm³/mol. The van der Waals surface area contributed by atoms with Crippen LogP contribution in [0.1, 0.15) is 60.3 Å². The van der Waals surface area contributed by atoms with Crippen molar-refractivity contribution in [2.45, 2.75) is 84.0 Å². The van der Waals surface area contributed by atoms with Crippen LogP contribution in [0, 0.1) is 0 Å². The van der Waals surface area contributed by atoms with E-state index in [0.29, 0.717) is 6.04 Å². The molecular formula is C17H34N2O4S. The Labute approximate surface area is 147 Å². The van der Waals surface area contributed by atoms with E-state index in [-0.39, 0.29) is 29.7 Å². The van der Waals surface area contributed by atoms with Gasteiger partial charge in [0.1, 0.15) is 5.60 Å². The molecular weight excluding hydrogens is 328 g/mol. The Morgan fingerprint density at radius 2 is 1.79 bits per heavy atom. The van der Waals surface area contributed by atoms with Crippen LogP contribution in [-0.4, -0.2) is 61.7 Å². The van der Waals surface area contributed by atoms with Crippen LogP contribution < -0.4 is 5.32 Å². The molecule has 1 amide bonds. The smallest absolute Gasteiger partial charge is 0.410 e. The number of nitrogens with zero attached hydrogens (tertiary/aromatic N) is 1. The zero-order valence-electron chi connectivity index (χ0n) is 16.0. The van der Waals surface area contributed by atoms with Gasteiger partial charge in [-0.1, -0.05) is 6.92 Å². The van der Waals surface area contributed by atoms with E-state index in [1.54, 1.807) is 18.9 Å². The predicted octanol–water partition coefficient (Wildman–Crippen LogP) is 2.58. The lowest BCUT2D eigenvalue weighted by Crippen LogP contribution is -2.47. The van der Waals surface area contributed by atoms with E-state index in [1.807, 2.05) is 27.7 Å². The minimum absolute atomic E-state index is 0.0416. The SMILES string of the molecule is CCS(=O)(=O)CC(C)NC1CCC(N(C)C(=O)OC(C)(C)C)CC1. The summed E-state index contributed by atoms with van der Waals surface area (Å²) >= 11 is 0. The van der Waals surface area contributed by atoms with Gasteiger partial charge in [0.15, 0.2) is 9.84 Å². The maximum atomic E-state index is 12.1. The number of ether oxygens (including phenoxy) is 1. The van der Waals surface area contributed by atoms with Crippen molar-refractivity contribution < 1.29 is 17.9 Å². The van der Waals surface area contributed by atoms with Crippen LogP contribution in [0.4, 0.5) is 4.79 Å². The number of rotatable bonds is 6. The molecule has 1 atom stereocenters. The molecule has 1 aliphatic rings. The quantitative estimate of drug-likeness (QED) is 0.786. The molecule has 0 bridgehead atoms. The van der Waals surface area contributed by atoms with Gasteiger partial charge >= 0.3 is 6.09 Å². The van der Waals surface area contributed by atoms with Gasteiger partial charge in [-0.2, -0.15) is 0 Å². The van der Waals surface area contributed by atoms with E-state index < -0.39 is 15.4 Å². The molecule has 1 fully saturated rings. The van der Waals surface area contributed by atoms with Crippen molar-refractivity contribution in [2.24, 2.45) is 0 Å². The van der Waals surface area contributed by atoms with Crippen LogP contribution >= 0.6 is 0 Å². The lowest BCUT2D eigenvalue weighted by Gasteiger charge is -2.36. The summed E-state index contributed by atoms with van der Waals surface area (Å²) in [5.41, 5.74) is -0.482. The number of hydrogen-bond donors (Lipinski definition) is 1. The number of nitrogens with one attached hydrogen (secondary N) is 1. The normalized spacial score (nSPS) is 23.6. The molecule has 0 radical (unpaired) electrons. The highest BCUT2D eigenvalue weighted by Gasteiger charge is 2.30. The molecule has 1 rings (SSSR count). The average molecular weight is 363 g/mol. The molecule has 1 saturated carbocycles. The molecule has 24 heavy (non-hydrogen) atoms. The fraction of sp³-hybridized carbons (Fsp3) is 0.941. The molecule has 0 aromatic carbocycles. The average Bonchev–Trinajstić information content (AvgIpc) is 2.45. The first-order chi connectivity index (χ1) is 10.9. The van der Waals surface area contributed by atoms with E-state index in [2.05, 4.69) is 5.32 Å². The molecule has 0 heterocycles. The lowest BCUT2D eigenvalue weighted by atomic mass is 9.90. The van der Waals surface area contributed by atoms with Gasteiger partial charge in [0.2, 0.25) is 0 Å². The minimum Gasteiger partial charge on any atom is -0.444 e. The Kier molecular flexibility index (Phi) is 7.53. The lowest BCUT2D eigenvalue weighted by molar-refractivity contribution is 0.0178. The zero-order chi connectivity index (χ0) is 18.5. The van der Waals surface area contributed by atoms with E-state index >= 15 is 0 Å². The van der Waals surface area contributed by atoms with Gasteiger partial charge in [-0.05, 0) is 53.4 Å². The first-order valence-electron chi connectivity index (χ1n) is 8.86. The molecule has 0 aliphatic heterocycles. The zero-order valence-corrected chi connectivity index (χ0v) is 16.8. The van der Waals surface area contributed by atoms with Gasteiger partial charge in [0.25, 0.3) is 0 Å². The number of carbonyl (C=O) groups is 1. The molecule has 0 aromatic heterocycles. The molecule has 0 aromatic rings. The number of sulfone groups is 1. The van der Waals surface area contributed by atoms with E-state index in [1.165, 1.54) is 0 Å². The molecule has 6 nitrogen and oxygen atoms in total. The Morgan fingerprint density at radius 1 is 1.25 bits per heavy atom. The topological polar surface area (TPSA) is 75.7 Å². The molecule has 1 unspecified atom stereocenters. The summed E-state index contributed by atoms with van der Waals surface area (Å²) in [5.74, 6) is 0.369. The Morgan fingerprint density at radius 3 is 2.25 bits per heavy atom. The Bertz CT molecular complexity index is 505. The summed E-state index contributed by atoms with van der Waals surface area (Å²) in [6, 6.07) is 0.461. The monoisotopic (exact) mass is 362 g/mol. The van der Waals surface area contributed by atoms with Crippen molar-refractivity contribution >= 4 is 15.9 Å². The first kappa shape index (κ1) is 21.2. The second-order valence-corrected chi connectivity index (χ2v) is 10.3. The molecule has 1 N–H and O–H groups in total. The minimum atomic E-state index is -2.95. The number of carbonyl (C=O) groups excluding carboxylic acids is 1. The largest absolute Gasteiger partial charge is 0.444 e. The Hall–Kier alpha value is -0.820. The van der Waals surface area contributed by atoms with Crippen LogP contribution in [0.5, 0.6) is 0 Å². The van der Waals surface area contributed by atoms with Crippen molar-refractivity contribution in [3.8, 4) is 0 Å². The molecule has 1 aliphatic carbocycles.